The number of aromatic nitrogens is 2. The number of amides is 1. The molecule has 0 fully saturated rings. The first-order valence-corrected chi connectivity index (χ1v) is 7.50. The largest absolute Gasteiger partial charge is 0.393 e. The van der Waals surface area contributed by atoms with Gasteiger partial charge in [0.25, 0.3) is 0 Å². The number of para-hydroxylation sites is 2. The van der Waals surface area contributed by atoms with Crippen molar-refractivity contribution in [2.45, 2.75) is 45.8 Å². The van der Waals surface area contributed by atoms with Gasteiger partial charge in [0.1, 0.15) is 5.82 Å². The molecule has 1 amide bonds. The van der Waals surface area contributed by atoms with Gasteiger partial charge in [-0.25, -0.2) is 4.98 Å². The van der Waals surface area contributed by atoms with E-state index in [4.69, 9.17) is 5.11 Å². The van der Waals surface area contributed by atoms with E-state index in [0.717, 1.165) is 23.4 Å². The Morgan fingerprint density at radius 2 is 2.19 bits per heavy atom. The molecule has 0 aliphatic heterocycles. The number of nitrogens with one attached hydrogen (secondary N) is 1. The fourth-order valence-electron chi connectivity index (χ4n) is 2.41. The van der Waals surface area contributed by atoms with Crippen LogP contribution in [-0.2, 0) is 17.8 Å². The molecule has 114 valence electrons. The van der Waals surface area contributed by atoms with Crippen molar-refractivity contribution in [1.29, 1.82) is 0 Å². The van der Waals surface area contributed by atoms with Crippen molar-refractivity contribution >= 4 is 16.9 Å². The molecule has 0 aliphatic rings. The van der Waals surface area contributed by atoms with E-state index in [2.05, 4.69) is 27.9 Å². The Hall–Kier alpha value is -1.88. The van der Waals surface area contributed by atoms with Crippen molar-refractivity contribution in [2.75, 3.05) is 6.54 Å². The number of aryl methyl sites for hydroxylation is 1. The minimum Gasteiger partial charge on any atom is -0.393 e. The SMILES string of the molecule is CCn1c(CCNC(=O)CC[C@H](C)O)nc2ccccc21. The molecule has 1 atom stereocenters. The molecule has 0 saturated carbocycles. The summed E-state index contributed by atoms with van der Waals surface area (Å²) in [6.07, 6.45) is 1.14. The number of carbonyl (C=O) groups is 1. The van der Waals surface area contributed by atoms with Crippen LogP contribution in [-0.4, -0.2) is 33.2 Å². The smallest absolute Gasteiger partial charge is 0.220 e. The Kier molecular flexibility index (Phi) is 5.33. The molecule has 2 aromatic rings. The van der Waals surface area contributed by atoms with Gasteiger partial charge in [-0.3, -0.25) is 4.79 Å². The lowest BCUT2D eigenvalue weighted by Crippen LogP contribution is -2.27. The second-order valence-corrected chi connectivity index (χ2v) is 5.25. The number of carbonyl (C=O) groups excluding carboxylic acids is 1. The number of imidazole rings is 1. The zero-order chi connectivity index (χ0) is 15.2. The van der Waals surface area contributed by atoms with Crippen molar-refractivity contribution in [3.63, 3.8) is 0 Å². The highest BCUT2D eigenvalue weighted by atomic mass is 16.3. The number of aliphatic hydroxyl groups is 1. The van der Waals surface area contributed by atoms with Gasteiger partial charge in [0, 0.05) is 25.9 Å². The van der Waals surface area contributed by atoms with Crippen LogP contribution >= 0.6 is 0 Å². The normalized spacial score (nSPS) is 12.5. The second-order valence-electron chi connectivity index (χ2n) is 5.25. The Morgan fingerprint density at radius 3 is 2.90 bits per heavy atom. The molecule has 0 radical (unpaired) electrons. The van der Waals surface area contributed by atoms with Crippen LogP contribution in [0.2, 0.25) is 0 Å². The number of nitrogens with zero attached hydrogens (tertiary/aromatic N) is 2. The Labute approximate surface area is 125 Å². The minimum atomic E-state index is -0.431. The number of rotatable bonds is 7. The predicted octanol–water partition coefficient (Wildman–Crippen LogP) is 1.88. The molecule has 0 saturated heterocycles. The third-order valence-electron chi connectivity index (χ3n) is 3.51. The summed E-state index contributed by atoms with van der Waals surface area (Å²) in [5.74, 6) is 0.976. The number of hydrogen-bond acceptors (Lipinski definition) is 3. The molecule has 21 heavy (non-hydrogen) atoms. The molecule has 0 bridgehead atoms. The third kappa shape index (κ3) is 4.04. The lowest BCUT2D eigenvalue weighted by molar-refractivity contribution is -0.121. The quantitative estimate of drug-likeness (QED) is 0.818. The molecule has 5 nitrogen and oxygen atoms in total. The maximum absolute atomic E-state index is 11.6. The van der Waals surface area contributed by atoms with E-state index in [0.29, 0.717) is 25.8 Å². The Morgan fingerprint density at radius 1 is 1.43 bits per heavy atom. The third-order valence-corrected chi connectivity index (χ3v) is 3.51. The summed E-state index contributed by atoms with van der Waals surface area (Å²) in [4.78, 5) is 16.2. The van der Waals surface area contributed by atoms with Crippen molar-refractivity contribution in [1.82, 2.24) is 14.9 Å². The van der Waals surface area contributed by atoms with Gasteiger partial charge in [0.2, 0.25) is 5.91 Å². The molecule has 0 unspecified atom stereocenters. The summed E-state index contributed by atoms with van der Waals surface area (Å²) >= 11 is 0. The van der Waals surface area contributed by atoms with Crippen LogP contribution in [0.5, 0.6) is 0 Å². The van der Waals surface area contributed by atoms with Gasteiger partial charge in [-0.1, -0.05) is 12.1 Å². The first kappa shape index (κ1) is 15.5. The Balaban J connectivity index is 1.93. The van der Waals surface area contributed by atoms with Gasteiger partial charge in [-0.2, -0.15) is 0 Å². The van der Waals surface area contributed by atoms with Crippen molar-refractivity contribution in [3.05, 3.63) is 30.1 Å². The lowest BCUT2D eigenvalue weighted by atomic mass is 10.2. The maximum Gasteiger partial charge on any atom is 0.220 e. The summed E-state index contributed by atoms with van der Waals surface area (Å²) in [6.45, 7) is 5.23. The molecule has 5 heteroatoms. The zero-order valence-corrected chi connectivity index (χ0v) is 12.7. The summed E-state index contributed by atoms with van der Waals surface area (Å²) < 4.78 is 2.18. The summed E-state index contributed by atoms with van der Waals surface area (Å²) in [5, 5.41) is 12.0. The average molecular weight is 289 g/mol. The van der Waals surface area contributed by atoms with Crippen LogP contribution in [0.25, 0.3) is 11.0 Å². The van der Waals surface area contributed by atoms with Gasteiger partial charge in [-0.05, 0) is 32.4 Å². The second kappa shape index (κ2) is 7.22. The first-order chi connectivity index (χ1) is 10.1. The molecule has 2 N–H and O–H groups in total. The van der Waals surface area contributed by atoms with Crippen LogP contribution in [0.3, 0.4) is 0 Å². The van der Waals surface area contributed by atoms with Crippen molar-refractivity contribution in [2.24, 2.45) is 0 Å². The molecule has 1 aromatic heterocycles. The highest BCUT2D eigenvalue weighted by molar-refractivity contribution is 5.76. The number of aliphatic hydroxyl groups excluding tert-OH is 1. The van der Waals surface area contributed by atoms with E-state index in [1.165, 1.54) is 0 Å². The van der Waals surface area contributed by atoms with Crippen molar-refractivity contribution < 1.29 is 9.90 Å². The van der Waals surface area contributed by atoms with Gasteiger partial charge < -0.3 is 15.0 Å². The van der Waals surface area contributed by atoms with Crippen LogP contribution in [0.1, 0.15) is 32.5 Å². The van der Waals surface area contributed by atoms with Gasteiger partial charge in [0.05, 0.1) is 17.1 Å². The number of hydrogen-bond donors (Lipinski definition) is 2. The van der Waals surface area contributed by atoms with Gasteiger partial charge in [0.15, 0.2) is 0 Å². The van der Waals surface area contributed by atoms with E-state index in [1.54, 1.807) is 6.92 Å². The van der Waals surface area contributed by atoms with Crippen LogP contribution in [0, 0.1) is 0 Å². The highest BCUT2D eigenvalue weighted by Crippen LogP contribution is 2.15. The van der Waals surface area contributed by atoms with E-state index in [9.17, 15) is 4.79 Å². The van der Waals surface area contributed by atoms with Gasteiger partial charge >= 0.3 is 0 Å². The maximum atomic E-state index is 11.6. The molecule has 0 aliphatic carbocycles. The molecule has 1 heterocycles. The van der Waals surface area contributed by atoms with Crippen LogP contribution < -0.4 is 5.32 Å². The van der Waals surface area contributed by atoms with Crippen LogP contribution in [0.4, 0.5) is 0 Å². The average Bonchev–Trinajstić information content (AvgIpc) is 2.82. The standard InChI is InChI=1S/C16H23N3O2/c1-3-19-14-7-5-4-6-13(14)18-15(19)10-11-17-16(21)9-8-12(2)20/h4-7,12,20H,3,8-11H2,1-2H3,(H,17,21)/t12-/m0/s1. The minimum absolute atomic E-state index is 0.0185. The number of fused-ring (bicyclic) bond motifs is 1. The molecule has 1 aromatic carbocycles. The molecule has 2 rings (SSSR count). The highest BCUT2D eigenvalue weighted by Gasteiger charge is 2.09. The lowest BCUT2D eigenvalue weighted by Gasteiger charge is -2.08. The number of benzene rings is 1. The van der Waals surface area contributed by atoms with E-state index in [1.807, 2.05) is 18.2 Å². The Bertz CT molecular complexity index is 605. The van der Waals surface area contributed by atoms with Crippen molar-refractivity contribution in [3.8, 4) is 0 Å². The van der Waals surface area contributed by atoms with E-state index in [-0.39, 0.29) is 5.91 Å². The fourth-order valence-corrected chi connectivity index (χ4v) is 2.41. The fraction of sp³-hybridized carbons (Fsp3) is 0.500. The zero-order valence-electron chi connectivity index (χ0n) is 12.7. The monoisotopic (exact) mass is 289 g/mol. The topological polar surface area (TPSA) is 67.2 Å². The molecular weight excluding hydrogens is 266 g/mol. The summed E-state index contributed by atoms with van der Waals surface area (Å²) in [5.41, 5.74) is 2.13. The summed E-state index contributed by atoms with van der Waals surface area (Å²) in [7, 11) is 0. The summed E-state index contributed by atoms with van der Waals surface area (Å²) in [6, 6.07) is 8.07. The predicted molar refractivity (Wildman–Crippen MR) is 83.0 cm³/mol. The van der Waals surface area contributed by atoms with Crippen LogP contribution in [0.15, 0.2) is 24.3 Å². The first-order valence-electron chi connectivity index (χ1n) is 7.50. The molecular formula is C16H23N3O2. The van der Waals surface area contributed by atoms with Gasteiger partial charge in [-0.15, -0.1) is 0 Å². The van der Waals surface area contributed by atoms with E-state index < -0.39 is 6.10 Å². The molecule has 0 spiro atoms. The van der Waals surface area contributed by atoms with E-state index >= 15 is 0 Å².